The molecule has 5 nitrogen and oxygen atoms in total. The molecular formula is C15H18N2O3. The van der Waals surface area contributed by atoms with Gasteiger partial charge in [0.05, 0.1) is 6.54 Å². The molecule has 0 aliphatic heterocycles. The maximum Gasteiger partial charge on any atom is 0.315 e. The molecule has 0 spiro atoms. The van der Waals surface area contributed by atoms with Crippen molar-refractivity contribution in [2.45, 2.75) is 12.5 Å². The fourth-order valence-electron chi connectivity index (χ4n) is 1.81. The van der Waals surface area contributed by atoms with Crippen molar-refractivity contribution in [1.82, 2.24) is 10.6 Å². The molecule has 0 aliphatic carbocycles. The van der Waals surface area contributed by atoms with Gasteiger partial charge in [-0.1, -0.05) is 24.3 Å². The monoisotopic (exact) mass is 274 g/mol. The number of amides is 2. The van der Waals surface area contributed by atoms with Gasteiger partial charge in [0, 0.05) is 11.9 Å². The van der Waals surface area contributed by atoms with E-state index in [1.807, 2.05) is 24.3 Å². The largest absolute Gasteiger partial charge is 0.458 e. The Morgan fingerprint density at radius 1 is 1.45 bits per heavy atom. The van der Waals surface area contributed by atoms with Crippen LogP contribution in [0.1, 0.15) is 12.7 Å². The maximum absolute atomic E-state index is 11.4. The zero-order valence-electron chi connectivity index (χ0n) is 11.3. The van der Waals surface area contributed by atoms with E-state index in [1.54, 1.807) is 19.1 Å². The molecule has 2 amide bonds. The Balaban J connectivity index is 2.05. The Bertz CT molecular complexity index is 583. The third kappa shape index (κ3) is 3.19. The van der Waals surface area contributed by atoms with E-state index in [0.29, 0.717) is 17.9 Å². The molecule has 5 heteroatoms. The zero-order chi connectivity index (χ0) is 14.6. The minimum atomic E-state index is -1.27. The number of nitrogens with one attached hydrogen (secondary N) is 2. The molecule has 0 aliphatic rings. The van der Waals surface area contributed by atoms with Gasteiger partial charge in [0.2, 0.25) is 0 Å². The Labute approximate surface area is 117 Å². The highest BCUT2D eigenvalue weighted by Gasteiger charge is 2.28. The fraction of sp³-hybridized carbons (Fsp3) is 0.267. The highest BCUT2D eigenvalue weighted by Crippen LogP contribution is 2.27. The van der Waals surface area contributed by atoms with E-state index < -0.39 is 5.60 Å². The zero-order valence-corrected chi connectivity index (χ0v) is 11.3. The summed E-state index contributed by atoms with van der Waals surface area (Å²) in [7, 11) is 0. The number of hydrogen-bond acceptors (Lipinski definition) is 3. The summed E-state index contributed by atoms with van der Waals surface area (Å²) in [6, 6.07) is 8.92. The van der Waals surface area contributed by atoms with Crippen LogP contribution in [-0.2, 0) is 5.60 Å². The smallest absolute Gasteiger partial charge is 0.315 e. The lowest BCUT2D eigenvalue weighted by Crippen LogP contribution is -2.43. The third-order valence-corrected chi connectivity index (χ3v) is 2.96. The number of urea groups is 1. The fourth-order valence-corrected chi connectivity index (χ4v) is 1.81. The van der Waals surface area contributed by atoms with Gasteiger partial charge in [-0.2, -0.15) is 0 Å². The van der Waals surface area contributed by atoms with Gasteiger partial charge in [0.25, 0.3) is 0 Å². The summed E-state index contributed by atoms with van der Waals surface area (Å²) >= 11 is 0. The van der Waals surface area contributed by atoms with Gasteiger partial charge in [-0.25, -0.2) is 4.79 Å². The normalized spacial score (nSPS) is 13.7. The Morgan fingerprint density at radius 2 is 2.20 bits per heavy atom. The van der Waals surface area contributed by atoms with E-state index in [4.69, 9.17) is 4.42 Å². The highest BCUT2D eigenvalue weighted by molar-refractivity contribution is 5.78. The quantitative estimate of drug-likeness (QED) is 0.731. The van der Waals surface area contributed by atoms with Crippen molar-refractivity contribution in [2.75, 3.05) is 13.1 Å². The summed E-state index contributed by atoms with van der Waals surface area (Å²) in [5.74, 6) is 0.419. The van der Waals surface area contributed by atoms with Crippen molar-refractivity contribution in [2.24, 2.45) is 0 Å². The SMILES string of the molecule is C=CCNC(=O)NCC(C)(O)c1cc2ccccc2o1. The number of para-hydroxylation sites is 1. The lowest BCUT2D eigenvalue weighted by atomic mass is 10.0. The maximum atomic E-state index is 11.4. The summed E-state index contributed by atoms with van der Waals surface area (Å²) < 4.78 is 5.61. The number of rotatable bonds is 5. The van der Waals surface area contributed by atoms with E-state index in [9.17, 15) is 9.90 Å². The molecule has 0 saturated heterocycles. The minimum Gasteiger partial charge on any atom is -0.458 e. The predicted octanol–water partition coefficient (Wildman–Crippen LogP) is 2.13. The van der Waals surface area contributed by atoms with E-state index in [0.717, 1.165) is 5.39 Å². The molecule has 1 heterocycles. The molecule has 2 aromatic rings. The molecule has 0 bridgehead atoms. The second-order valence-electron chi connectivity index (χ2n) is 4.77. The van der Waals surface area contributed by atoms with Crippen LogP contribution in [0.3, 0.4) is 0 Å². The van der Waals surface area contributed by atoms with E-state index >= 15 is 0 Å². The predicted molar refractivity (Wildman–Crippen MR) is 77.4 cm³/mol. The first-order valence-electron chi connectivity index (χ1n) is 6.37. The topological polar surface area (TPSA) is 74.5 Å². The second kappa shape index (κ2) is 5.79. The number of fused-ring (bicyclic) bond motifs is 1. The van der Waals surface area contributed by atoms with E-state index in [2.05, 4.69) is 17.2 Å². The summed E-state index contributed by atoms with van der Waals surface area (Å²) in [5.41, 5.74) is -0.566. The third-order valence-electron chi connectivity index (χ3n) is 2.96. The van der Waals surface area contributed by atoms with Gasteiger partial charge in [-0.05, 0) is 19.1 Å². The summed E-state index contributed by atoms with van der Waals surface area (Å²) in [4.78, 5) is 11.4. The van der Waals surface area contributed by atoms with E-state index in [-0.39, 0.29) is 12.6 Å². The van der Waals surface area contributed by atoms with Gasteiger partial charge in [0.1, 0.15) is 16.9 Å². The number of furan rings is 1. The number of carbonyl (C=O) groups is 1. The van der Waals surface area contributed by atoms with E-state index in [1.165, 1.54) is 0 Å². The molecule has 2 rings (SSSR count). The number of hydrogen-bond donors (Lipinski definition) is 3. The average molecular weight is 274 g/mol. The Kier molecular flexibility index (Phi) is 4.10. The lowest BCUT2D eigenvalue weighted by Gasteiger charge is -2.21. The van der Waals surface area contributed by atoms with Gasteiger partial charge in [-0.3, -0.25) is 0 Å². The number of aliphatic hydroxyl groups is 1. The van der Waals surface area contributed by atoms with Crippen molar-refractivity contribution >= 4 is 17.0 Å². The second-order valence-corrected chi connectivity index (χ2v) is 4.77. The van der Waals surface area contributed by atoms with Crippen LogP contribution in [0.5, 0.6) is 0 Å². The standard InChI is InChI=1S/C15H18N2O3/c1-3-8-16-14(18)17-10-15(2,19)13-9-11-6-4-5-7-12(11)20-13/h3-7,9,19H,1,8,10H2,2H3,(H2,16,17,18). The van der Waals surface area contributed by atoms with Crippen molar-refractivity contribution in [3.05, 3.63) is 48.7 Å². The van der Waals surface area contributed by atoms with Crippen LogP contribution in [0.25, 0.3) is 11.0 Å². The molecular weight excluding hydrogens is 256 g/mol. The van der Waals surface area contributed by atoms with Gasteiger partial charge in [0.15, 0.2) is 0 Å². The van der Waals surface area contributed by atoms with Gasteiger partial charge < -0.3 is 20.2 Å². The highest BCUT2D eigenvalue weighted by atomic mass is 16.4. The molecule has 0 fully saturated rings. The van der Waals surface area contributed by atoms with Gasteiger partial charge >= 0.3 is 6.03 Å². The summed E-state index contributed by atoms with van der Waals surface area (Å²) in [6.07, 6.45) is 1.58. The number of benzene rings is 1. The first-order valence-corrected chi connectivity index (χ1v) is 6.37. The van der Waals surface area contributed by atoms with Crippen molar-refractivity contribution < 1.29 is 14.3 Å². The Hall–Kier alpha value is -2.27. The van der Waals surface area contributed by atoms with Crippen LogP contribution in [0.2, 0.25) is 0 Å². The number of carbonyl (C=O) groups excluding carboxylic acids is 1. The molecule has 20 heavy (non-hydrogen) atoms. The summed E-state index contributed by atoms with van der Waals surface area (Å²) in [6.45, 7) is 5.53. The molecule has 0 saturated carbocycles. The first kappa shape index (κ1) is 14.1. The van der Waals surface area contributed by atoms with Crippen molar-refractivity contribution in [3.63, 3.8) is 0 Å². The van der Waals surface area contributed by atoms with Crippen LogP contribution in [-0.4, -0.2) is 24.2 Å². The summed E-state index contributed by atoms with van der Waals surface area (Å²) in [5, 5.41) is 16.5. The van der Waals surface area contributed by atoms with Crippen molar-refractivity contribution in [3.8, 4) is 0 Å². The Morgan fingerprint density at radius 3 is 2.90 bits per heavy atom. The first-order chi connectivity index (χ1) is 9.53. The molecule has 3 N–H and O–H groups in total. The van der Waals surface area contributed by atoms with Crippen LogP contribution < -0.4 is 10.6 Å². The van der Waals surface area contributed by atoms with Crippen LogP contribution in [0.15, 0.2) is 47.4 Å². The van der Waals surface area contributed by atoms with Crippen LogP contribution in [0, 0.1) is 0 Å². The molecule has 106 valence electrons. The molecule has 1 aromatic heterocycles. The van der Waals surface area contributed by atoms with Gasteiger partial charge in [-0.15, -0.1) is 6.58 Å². The minimum absolute atomic E-state index is 0.0514. The lowest BCUT2D eigenvalue weighted by molar-refractivity contribution is 0.0383. The molecule has 0 radical (unpaired) electrons. The van der Waals surface area contributed by atoms with Crippen LogP contribution in [0.4, 0.5) is 4.79 Å². The average Bonchev–Trinajstić information content (AvgIpc) is 2.87. The molecule has 1 unspecified atom stereocenters. The molecule has 1 aromatic carbocycles. The van der Waals surface area contributed by atoms with Crippen LogP contribution >= 0.6 is 0 Å². The molecule has 1 atom stereocenters. The van der Waals surface area contributed by atoms with Crippen molar-refractivity contribution in [1.29, 1.82) is 0 Å².